The molecule has 0 fully saturated rings. The van der Waals surface area contributed by atoms with Crippen molar-refractivity contribution in [1.82, 2.24) is 4.90 Å². The molecule has 2 nitrogen and oxygen atoms in total. The highest BCUT2D eigenvalue weighted by molar-refractivity contribution is 5.85. The third-order valence-corrected chi connectivity index (χ3v) is 3.25. The summed E-state index contributed by atoms with van der Waals surface area (Å²) in [5.74, 6) is 0.230. The van der Waals surface area contributed by atoms with E-state index in [4.69, 9.17) is 0 Å². The van der Waals surface area contributed by atoms with Gasteiger partial charge in [-0.05, 0) is 24.8 Å². The molecule has 3 heteroatoms. The first-order chi connectivity index (χ1) is 8.33. The minimum Gasteiger partial charge on any atom is -0.319 e. The highest BCUT2D eigenvalue weighted by Crippen LogP contribution is 2.23. The van der Waals surface area contributed by atoms with Crippen molar-refractivity contribution in [2.24, 2.45) is 0 Å². The molecule has 1 aliphatic heterocycles. The van der Waals surface area contributed by atoms with Crippen LogP contribution in [0.3, 0.4) is 0 Å². The topological polar surface area (TPSA) is 20.3 Å². The van der Waals surface area contributed by atoms with E-state index in [0.717, 1.165) is 31.4 Å². The van der Waals surface area contributed by atoms with Crippen LogP contribution in [0.2, 0.25) is 0 Å². The van der Waals surface area contributed by atoms with Crippen molar-refractivity contribution in [2.45, 2.75) is 32.1 Å². The molecule has 18 heavy (non-hydrogen) atoms. The normalized spacial score (nSPS) is 15.9. The van der Waals surface area contributed by atoms with Gasteiger partial charge >= 0.3 is 0 Å². The first kappa shape index (κ1) is 14.8. The number of allylic oxidation sites excluding steroid dienone is 1. The molecule has 1 unspecified atom stereocenters. The van der Waals surface area contributed by atoms with E-state index in [1.165, 1.54) is 0 Å². The zero-order valence-corrected chi connectivity index (χ0v) is 11.5. The number of benzene rings is 1. The predicted molar refractivity (Wildman–Crippen MR) is 76.8 cm³/mol. The minimum atomic E-state index is -0.000972. The van der Waals surface area contributed by atoms with Crippen LogP contribution in [0.4, 0.5) is 0 Å². The third kappa shape index (κ3) is 3.36. The van der Waals surface area contributed by atoms with E-state index in [2.05, 4.69) is 13.0 Å². The second-order valence-electron chi connectivity index (χ2n) is 4.43. The summed E-state index contributed by atoms with van der Waals surface area (Å²) in [6, 6.07) is 10.1. The van der Waals surface area contributed by atoms with Crippen LogP contribution >= 0.6 is 12.4 Å². The summed E-state index contributed by atoms with van der Waals surface area (Å²) in [5, 5.41) is 0. The second kappa shape index (κ2) is 7.22. The van der Waals surface area contributed by atoms with Crippen LogP contribution in [-0.2, 0) is 4.79 Å². The van der Waals surface area contributed by atoms with Gasteiger partial charge in [0.2, 0.25) is 5.91 Å². The van der Waals surface area contributed by atoms with E-state index in [9.17, 15) is 4.79 Å². The smallest absolute Gasteiger partial charge is 0.234 e. The number of rotatable bonds is 3. The Balaban J connectivity index is 0.00000162. The van der Waals surface area contributed by atoms with E-state index in [1.807, 2.05) is 41.4 Å². The van der Waals surface area contributed by atoms with Gasteiger partial charge in [-0.15, -0.1) is 12.4 Å². The van der Waals surface area contributed by atoms with Crippen LogP contribution in [0.1, 0.15) is 37.7 Å². The molecule has 1 aromatic rings. The quantitative estimate of drug-likeness (QED) is 0.815. The third-order valence-electron chi connectivity index (χ3n) is 3.25. The highest BCUT2D eigenvalue weighted by Gasteiger charge is 2.23. The predicted octanol–water partition coefficient (Wildman–Crippen LogP) is 3.74. The highest BCUT2D eigenvalue weighted by atomic mass is 35.5. The van der Waals surface area contributed by atoms with Crippen molar-refractivity contribution in [3.63, 3.8) is 0 Å². The van der Waals surface area contributed by atoms with Gasteiger partial charge in [-0.2, -0.15) is 0 Å². The summed E-state index contributed by atoms with van der Waals surface area (Å²) in [5.41, 5.74) is 1.12. The average Bonchev–Trinajstić information content (AvgIpc) is 2.42. The molecular formula is C15H20ClNO. The summed E-state index contributed by atoms with van der Waals surface area (Å²) in [6.07, 6.45) is 7.04. The Morgan fingerprint density at radius 2 is 2.06 bits per heavy atom. The number of hydrogen-bond acceptors (Lipinski definition) is 1. The first-order valence-corrected chi connectivity index (χ1v) is 6.35. The van der Waals surface area contributed by atoms with Gasteiger partial charge in [0.05, 0.1) is 5.92 Å². The van der Waals surface area contributed by atoms with Crippen molar-refractivity contribution in [3.05, 3.63) is 48.2 Å². The van der Waals surface area contributed by atoms with Crippen LogP contribution < -0.4 is 0 Å². The molecule has 1 aromatic carbocycles. The maximum Gasteiger partial charge on any atom is 0.234 e. The van der Waals surface area contributed by atoms with Crippen molar-refractivity contribution >= 4 is 18.3 Å². The van der Waals surface area contributed by atoms with E-state index in [0.29, 0.717) is 0 Å². The van der Waals surface area contributed by atoms with Crippen molar-refractivity contribution in [1.29, 1.82) is 0 Å². The molecular weight excluding hydrogens is 246 g/mol. The zero-order valence-electron chi connectivity index (χ0n) is 10.7. The molecule has 0 saturated carbocycles. The molecule has 98 valence electrons. The van der Waals surface area contributed by atoms with E-state index < -0.39 is 0 Å². The molecule has 0 N–H and O–H groups in total. The number of nitrogens with zero attached hydrogens (tertiary/aromatic N) is 1. The van der Waals surface area contributed by atoms with Crippen molar-refractivity contribution < 1.29 is 4.79 Å². The summed E-state index contributed by atoms with van der Waals surface area (Å²) >= 11 is 0. The number of hydrogen-bond donors (Lipinski definition) is 0. The Hall–Kier alpha value is -1.28. The standard InChI is InChI=1S/C15H19NO.ClH/c1-2-14(13-9-5-3-6-10-13)15(17)16-11-7-4-8-12-16;/h3,5-7,9-11,14H,2,4,8,12H2,1H3;1H. The molecule has 1 amide bonds. The SMILES string of the molecule is CCC(C(=O)N1C=CCCC1)c1ccccc1.Cl. The molecule has 0 spiro atoms. The Labute approximate surface area is 115 Å². The molecule has 0 bridgehead atoms. The van der Waals surface area contributed by atoms with Gasteiger partial charge in [0.1, 0.15) is 0 Å². The lowest BCUT2D eigenvalue weighted by atomic mass is 9.95. The number of amides is 1. The lowest BCUT2D eigenvalue weighted by Gasteiger charge is -2.26. The van der Waals surface area contributed by atoms with Crippen LogP contribution in [-0.4, -0.2) is 17.4 Å². The lowest BCUT2D eigenvalue weighted by molar-refractivity contribution is -0.130. The Kier molecular flexibility index (Phi) is 5.93. The van der Waals surface area contributed by atoms with Gasteiger partial charge in [0, 0.05) is 12.7 Å². The van der Waals surface area contributed by atoms with Gasteiger partial charge in [-0.25, -0.2) is 0 Å². The molecule has 0 aliphatic carbocycles. The molecule has 1 aliphatic rings. The average molecular weight is 266 g/mol. The first-order valence-electron chi connectivity index (χ1n) is 6.35. The Morgan fingerprint density at radius 3 is 2.61 bits per heavy atom. The number of carbonyl (C=O) groups excluding carboxylic acids is 1. The monoisotopic (exact) mass is 265 g/mol. The van der Waals surface area contributed by atoms with E-state index in [1.54, 1.807) is 0 Å². The summed E-state index contributed by atoms with van der Waals surface area (Å²) < 4.78 is 0. The molecule has 1 heterocycles. The summed E-state index contributed by atoms with van der Waals surface area (Å²) in [6.45, 7) is 2.93. The lowest BCUT2D eigenvalue weighted by Crippen LogP contribution is -2.32. The van der Waals surface area contributed by atoms with Gasteiger partial charge in [0.15, 0.2) is 0 Å². The number of halogens is 1. The van der Waals surface area contributed by atoms with Gasteiger partial charge in [-0.1, -0.05) is 43.3 Å². The van der Waals surface area contributed by atoms with Crippen LogP contribution in [0.5, 0.6) is 0 Å². The van der Waals surface area contributed by atoms with Crippen molar-refractivity contribution in [2.75, 3.05) is 6.54 Å². The van der Waals surface area contributed by atoms with Gasteiger partial charge < -0.3 is 4.90 Å². The van der Waals surface area contributed by atoms with Gasteiger partial charge in [0.25, 0.3) is 0 Å². The minimum absolute atomic E-state index is 0. The second-order valence-corrected chi connectivity index (χ2v) is 4.43. The molecule has 2 rings (SSSR count). The fraction of sp³-hybridized carbons (Fsp3) is 0.400. The maximum absolute atomic E-state index is 12.4. The van der Waals surface area contributed by atoms with Crippen LogP contribution in [0.15, 0.2) is 42.6 Å². The van der Waals surface area contributed by atoms with E-state index >= 15 is 0 Å². The largest absolute Gasteiger partial charge is 0.319 e. The maximum atomic E-state index is 12.4. The molecule has 0 radical (unpaired) electrons. The summed E-state index contributed by atoms with van der Waals surface area (Å²) in [4.78, 5) is 14.3. The Morgan fingerprint density at radius 1 is 1.33 bits per heavy atom. The molecule has 1 atom stereocenters. The zero-order chi connectivity index (χ0) is 12.1. The van der Waals surface area contributed by atoms with Crippen LogP contribution in [0.25, 0.3) is 0 Å². The van der Waals surface area contributed by atoms with Crippen LogP contribution in [0, 0.1) is 0 Å². The molecule has 0 saturated heterocycles. The number of carbonyl (C=O) groups is 1. The fourth-order valence-corrected chi connectivity index (χ4v) is 2.28. The van der Waals surface area contributed by atoms with Gasteiger partial charge in [-0.3, -0.25) is 4.79 Å². The fourth-order valence-electron chi connectivity index (χ4n) is 2.28. The Bertz CT molecular complexity index is 402. The molecule has 0 aromatic heterocycles. The van der Waals surface area contributed by atoms with E-state index in [-0.39, 0.29) is 24.2 Å². The summed E-state index contributed by atoms with van der Waals surface area (Å²) in [7, 11) is 0. The van der Waals surface area contributed by atoms with Crippen molar-refractivity contribution in [3.8, 4) is 0 Å².